The Balaban J connectivity index is 2.39. The largest absolute Gasteiger partial charge is 0.308 e. The maximum Gasteiger partial charge on any atom is 0.0763 e. The predicted octanol–water partition coefficient (Wildman–Crippen LogP) is 4.81. The third-order valence-corrected chi connectivity index (χ3v) is 6.34. The fraction of sp³-hybridized carbons (Fsp3) is 0.385. The van der Waals surface area contributed by atoms with Crippen LogP contribution < -0.4 is 5.32 Å². The van der Waals surface area contributed by atoms with Crippen molar-refractivity contribution in [2.24, 2.45) is 0 Å². The lowest BCUT2D eigenvalue weighted by Crippen LogP contribution is -2.15. The van der Waals surface area contributed by atoms with Gasteiger partial charge in [0.1, 0.15) is 0 Å². The van der Waals surface area contributed by atoms with E-state index in [1.807, 2.05) is 29.7 Å². The third-order valence-electron chi connectivity index (χ3n) is 2.92. The average Bonchev–Trinajstić information content (AvgIpc) is 2.75. The van der Waals surface area contributed by atoms with Crippen LogP contribution in [0.1, 0.15) is 31.1 Å². The molecule has 2 heterocycles. The molecule has 2 aromatic heterocycles. The molecule has 0 saturated heterocycles. The standard InChI is InChI=1S/C13H16BrNS2/c1-7-5-11(16-8(7)2)13(15-4)12-6-10(14)9(3)17-12/h5-6,13,15H,1-4H3. The molecular weight excluding hydrogens is 314 g/mol. The second kappa shape index (κ2) is 5.22. The van der Waals surface area contributed by atoms with Crippen molar-refractivity contribution in [3.05, 3.63) is 41.7 Å². The molecule has 2 rings (SSSR count). The van der Waals surface area contributed by atoms with Gasteiger partial charge in [0, 0.05) is 24.0 Å². The van der Waals surface area contributed by atoms with Gasteiger partial charge >= 0.3 is 0 Å². The molecule has 0 amide bonds. The van der Waals surface area contributed by atoms with Crippen LogP contribution in [-0.2, 0) is 0 Å². The highest BCUT2D eigenvalue weighted by Gasteiger charge is 2.18. The van der Waals surface area contributed by atoms with Gasteiger partial charge in [0.25, 0.3) is 0 Å². The number of aryl methyl sites for hydroxylation is 3. The molecule has 0 bridgehead atoms. The Morgan fingerprint density at radius 2 is 1.65 bits per heavy atom. The van der Waals surface area contributed by atoms with Crippen LogP contribution in [-0.4, -0.2) is 7.05 Å². The normalized spacial score (nSPS) is 13.0. The molecule has 1 atom stereocenters. The highest BCUT2D eigenvalue weighted by Crippen LogP contribution is 2.36. The van der Waals surface area contributed by atoms with Crippen LogP contribution in [0.4, 0.5) is 0 Å². The van der Waals surface area contributed by atoms with Gasteiger partial charge in [-0.1, -0.05) is 0 Å². The molecule has 0 fully saturated rings. The van der Waals surface area contributed by atoms with Crippen LogP contribution in [0.25, 0.3) is 0 Å². The maximum atomic E-state index is 3.59. The molecule has 1 N–H and O–H groups in total. The lowest BCUT2D eigenvalue weighted by atomic mass is 10.2. The monoisotopic (exact) mass is 329 g/mol. The molecule has 1 unspecified atom stereocenters. The van der Waals surface area contributed by atoms with Crippen molar-refractivity contribution in [3.63, 3.8) is 0 Å². The van der Waals surface area contributed by atoms with E-state index in [1.54, 1.807) is 0 Å². The van der Waals surface area contributed by atoms with Gasteiger partial charge in [-0.15, -0.1) is 22.7 Å². The lowest BCUT2D eigenvalue weighted by Gasteiger charge is -2.12. The smallest absolute Gasteiger partial charge is 0.0763 e. The Hall–Kier alpha value is -0.160. The molecule has 0 saturated carbocycles. The number of rotatable bonds is 3. The molecule has 17 heavy (non-hydrogen) atoms. The van der Waals surface area contributed by atoms with E-state index in [0.29, 0.717) is 6.04 Å². The minimum atomic E-state index is 0.322. The highest BCUT2D eigenvalue weighted by atomic mass is 79.9. The van der Waals surface area contributed by atoms with Gasteiger partial charge in [-0.2, -0.15) is 0 Å². The zero-order valence-corrected chi connectivity index (χ0v) is 13.6. The lowest BCUT2D eigenvalue weighted by molar-refractivity contribution is 0.716. The van der Waals surface area contributed by atoms with Crippen molar-refractivity contribution in [3.8, 4) is 0 Å². The molecule has 0 radical (unpaired) electrons. The minimum Gasteiger partial charge on any atom is -0.308 e. The Labute approximate surface area is 119 Å². The molecule has 2 aromatic rings. The second-order valence-electron chi connectivity index (χ2n) is 4.16. The number of hydrogen-bond donors (Lipinski definition) is 1. The van der Waals surface area contributed by atoms with Crippen molar-refractivity contribution in [1.82, 2.24) is 5.32 Å². The first kappa shape index (κ1) is 13.3. The van der Waals surface area contributed by atoms with Gasteiger partial charge in [0.15, 0.2) is 0 Å². The van der Waals surface area contributed by atoms with Gasteiger partial charge in [-0.3, -0.25) is 0 Å². The molecule has 92 valence electrons. The molecule has 1 nitrogen and oxygen atoms in total. The van der Waals surface area contributed by atoms with Crippen molar-refractivity contribution in [2.45, 2.75) is 26.8 Å². The molecule has 4 heteroatoms. The van der Waals surface area contributed by atoms with E-state index in [1.165, 1.54) is 29.5 Å². The Bertz CT molecular complexity index is 442. The number of nitrogens with one attached hydrogen (secondary N) is 1. The van der Waals surface area contributed by atoms with Gasteiger partial charge in [0.05, 0.1) is 6.04 Å². The summed E-state index contributed by atoms with van der Waals surface area (Å²) in [6.45, 7) is 6.51. The van der Waals surface area contributed by atoms with E-state index in [9.17, 15) is 0 Å². The summed E-state index contributed by atoms with van der Waals surface area (Å²) in [7, 11) is 2.03. The van der Waals surface area contributed by atoms with E-state index in [4.69, 9.17) is 0 Å². The summed E-state index contributed by atoms with van der Waals surface area (Å²) in [6.07, 6.45) is 0. The van der Waals surface area contributed by atoms with Crippen molar-refractivity contribution in [1.29, 1.82) is 0 Å². The molecule has 0 aliphatic carbocycles. The van der Waals surface area contributed by atoms with Gasteiger partial charge < -0.3 is 5.32 Å². The summed E-state index contributed by atoms with van der Waals surface area (Å²) in [4.78, 5) is 5.52. The predicted molar refractivity (Wildman–Crippen MR) is 81.5 cm³/mol. The van der Waals surface area contributed by atoms with E-state index >= 15 is 0 Å². The SMILES string of the molecule is CNC(c1cc(C)c(C)s1)c1cc(Br)c(C)s1. The maximum absolute atomic E-state index is 3.59. The number of hydrogen-bond acceptors (Lipinski definition) is 3. The summed E-state index contributed by atoms with van der Waals surface area (Å²) in [5.74, 6) is 0. The summed E-state index contributed by atoms with van der Waals surface area (Å²) < 4.78 is 1.21. The Morgan fingerprint density at radius 1 is 1.06 bits per heavy atom. The van der Waals surface area contributed by atoms with Crippen LogP contribution in [0.15, 0.2) is 16.6 Å². The van der Waals surface area contributed by atoms with E-state index in [-0.39, 0.29) is 0 Å². The molecule has 0 aliphatic rings. The van der Waals surface area contributed by atoms with Gasteiger partial charge in [-0.25, -0.2) is 0 Å². The summed E-state index contributed by atoms with van der Waals surface area (Å²) in [6, 6.07) is 4.85. The summed E-state index contributed by atoms with van der Waals surface area (Å²) >= 11 is 7.33. The zero-order valence-electron chi connectivity index (χ0n) is 10.4. The van der Waals surface area contributed by atoms with Gasteiger partial charge in [0.2, 0.25) is 0 Å². The fourth-order valence-corrected chi connectivity index (χ4v) is 4.73. The van der Waals surface area contributed by atoms with Crippen LogP contribution in [0.2, 0.25) is 0 Å². The van der Waals surface area contributed by atoms with Gasteiger partial charge in [-0.05, 0) is 61.4 Å². The number of thiophene rings is 2. The molecule has 0 aromatic carbocycles. The summed E-state index contributed by atoms with van der Waals surface area (Å²) in [5, 5.41) is 3.42. The topological polar surface area (TPSA) is 12.0 Å². The average molecular weight is 330 g/mol. The minimum absolute atomic E-state index is 0.322. The third kappa shape index (κ3) is 2.65. The highest BCUT2D eigenvalue weighted by molar-refractivity contribution is 9.10. The first-order chi connectivity index (χ1) is 8.02. The van der Waals surface area contributed by atoms with E-state index < -0.39 is 0 Å². The first-order valence-corrected chi connectivity index (χ1v) is 7.95. The van der Waals surface area contributed by atoms with Crippen LogP contribution >= 0.6 is 38.6 Å². The summed E-state index contributed by atoms with van der Waals surface area (Å²) in [5.41, 5.74) is 1.39. The second-order valence-corrected chi connectivity index (χ2v) is 7.59. The van der Waals surface area contributed by atoms with Crippen LogP contribution in [0.5, 0.6) is 0 Å². The van der Waals surface area contributed by atoms with Crippen molar-refractivity contribution >= 4 is 38.6 Å². The fourth-order valence-electron chi connectivity index (χ4n) is 1.79. The van der Waals surface area contributed by atoms with Crippen molar-refractivity contribution in [2.75, 3.05) is 7.05 Å². The van der Waals surface area contributed by atoms with Crippen LogP contribution in [0.3, 0.4) is 0 Å². The first-order valence-electron chi connectivity index (χ1n) is 5.53. The molecule has 0 aliphatic heterocycles. The van der Waals surface area contributed by atoms with E-state index in [2.05, 4.69) is 54.2 Å². The van der Waals surface area contributed by atoms with Crippen molar-refractivity contribution < 1.29 is 0 Å². The molecule has 0 spiro atoms. The molecular formula is C13H16BrNS2. The Kier molecular flexibility index (Phi) is 4.08. The quantitative estimate of drug-likeness (QED) is 0.852. The van der Waals surface area contributed by atoms with Crippen LogP contribution in [0, 0.1) is 20.8 Å². The number of halogens is 1. The van der Waals surface area contributed by atoms with E-state index in [0.717, 1.165) is 0 Å². The zero-order chi connectivity index (χ0) is 12.6. The Morgan fingerprint density at radius 3 is 2.06 bits per heavy atom.